The minimum Gasteiger partial charge on any atom is -0.512 e. The van der Waals surface area contributed by atoms with Crippen LogP contribution in [0.2, 0.25) is 0 Å². The molecule has 56 heavy (non-hydrogen) atoms. The fourth-order valence-corrected chi connectivity index (χ4v) is 10.4. The first-order valence-electron chi connectivity index (χ1n) is 21.4. The predicted octanol–water partition coefficient (Wildman–Crippen LogP) is 15.6. The van der Waals surface area contributed by atoms with Gasteiger partial charge in [-0.2, -0.15) is 0 Å². The number of carbonyl (C=O) groups excluding carboxylic acids is 1. The average Bonchev–Trinajstić information content (AvgIpc) is 3.58. The van der Waals surface area contributed by atoms with Crippen molar-refractivity contribution in [2.24, 2.45) is 16.2 Å². The quantitative estimate of drug-likeness (QED) is 0.0910. The zero-order valence-corrected chi connectivity index (χ0v) is 38.9. The van der Waals surface area contributed by atoms with Crippen LogP contribution in [0.1, 0.15) is 163 Å². The molecule has 3 aromatic carbocycles. The number of aliphatic hydroxyl groups is 1. The number of fused-ring (bicyclic) bond motifs is 4. The van der Waals surface area contributed by atoms with Gasteiger partial charge < -0.3 is 5.11 Å². The Bertz CT molecular complexity index is 2150. The second kappa shape index (κ2) is 18.0. The molecule has 0 bridgehead atoms. The molecule has 5 aromatic rings. The number of hydrogen-bond acceptors (Lipinski definition) is 4. The first-order chi connectivity index (χ1) is 26.2. The normalized spacial score (nSPS) is 16.8. The molecule has 2 aliphatic rings. The van der Waals surface area contributed by atoms with Gasteiger partial charge in [0, 0.05) is 58.3 Å². The van der Waals surface area contributed by atoms with Crippen molar-refractivity contribution < 1.29 is 30.0 Å². The van der Waals surface area contributed by atoms with E-state index in [1.165, 1.54) is 100 Å². The van der Waals surface area contributed by atoms with Crippen LogP contribution in [-0.2, 0) is 30.3 Å². The Morgan fingerprint density at radius 2 is 1.46 bits per heavy atom. The molecule has 2 aliphatic carbocycles. The molecular formula is C51H66IrNO2S-. The van der Waals surface area contributed by atoms with E-state index >= 15 is 0 Å². The number of benzene rings is 3. The van der Waals surface area contributed by atoms with Gasteiger partial charge in [0.1, 0.15) is 5.76 Å². The van der Waals surface area contributed by atoms with Gasteiger partial charge in [0.2, 0.25) is 0 Å². The molecule has 0 atom stereocenters. The van der Waals surface area contributed by atoms with E-state index in [0.717, 1.165) is 42.9 Å². The van der Waals surface area contributed by atoms with Crippen LogP contribution in [0.15, 0.2) is 72.6 Å². The first kappa shape index (κ1) is 44.3. The van der Waals surface area contributed by atoms with Crippen LogP contribution in [0.4, 0.5) is 0 Å². The summed E-state index contributed by atoms with van der Waals surface area (Å²) in [5.74, 6) is 1.01. The second-order valence-electron chi connectivity index (χ2n) is 18.6. The second-order valence-corrected chi connectivity index (χ2v) is 19.6. The Balaban J connectivity index is 0.000000285. The standard InChI is InChI=1S/C36H38NS.C15H28O2.Ir/c1-35(2,3)31-22-27(21-26-9-5-6-10-28(26)31)33-34-30(15-20-37-33)29-12-11-25(23-32(29)38-34)24-13-18-36(19-14-24)16-7-4-8-17-36;1-7-14(5,8-2)12(16)11-13(17)15(6,9-3)10-4;/h5-6,9-12,15,20,22-24H,4,7-8,13-14,16-19H2,1-3H3;11,16H,7-10H2,1-6H3;/q-1;;/b;12-11-;. The Morgan fingerprint density at radius 1 is 0.821 bits per heavy atom. The zero-order chi connectivity index (χ0) is 39.6. The van der Waals surface area contributed by atoms with E-state index in [0.29, 0.717) is 5.41 Å². The number of thiophene rings is 1. The van der Waals surface area contributed by atoms with E-state index in [1.54, 1.807) is 5.56 Å². The molecule has 2 fully saturated rings. The fourth-order valence-electron chi connectivity index (χ4n) is 9.19. The van der Waals surface area contributed by atoms with Crippen molar-refractivity contribution in [1.82, 2.24) is 4.98 Å². The summed E-state index contributed by atoms with van der Waals surface area (Å²) in [6.45, 7) is 19.0. The van der Waals surface area contributed by atoms with Crippen LogP contribution >= 0.6 is 11.3 Å². The van der Waals surface area contributed by atoms with Gasteiger partial charge in [0.05, 0.1) is 0 Å². The van der Waals surface area contributed by atoms with E-state index < -0.39 is 0 Å². The summed E-state index contributed by atoms with van der Waals surface area (Å²) in [6.07, 6.45) is 19.7. The van der Waals surface area contributed by atoms with Gasteiger partial charge in [-0.1, -0.05) is 123 Å². The van der Waals surface area contributed by atoms with Gasteiger partial charge in [0.25, 0.3) is 0 Å². The topological polar surface area (TPSA) is 50.2 Å². The number of hydrogen-bond donors (Lipinski definition) is 1. The van der Waals surface area contributed by atoms with Crippen molar-refractivity contribution in [2.45, 2.75) is 157 Å². The minimum atomic E-state index is -0.337. The van der Waals surface area contributed by atoms with Crippen molar-refractivity contribution in [3.05, 3.63) is 89.8 Å². The van der Waals surface area contributed by atoms with Gasteiger partial charge in [-0.05, 0) is 109 Å². The summed E-state index contributed by atoms with van der Waals surface area (Å²) in [5.41, 5.74) is 5.21. The van der Waals surface area contributed by atoms with Crippen LogP contribution < -0.4 is 0 Å². The number of allylic oxidation sites excluding steroid dienone is 2. The predicted molar refractivity (Wildman–Crippen MR) is 237 cm³/mol. The molecular weight excluding hydrogens is 883 g/mol. The molecule has 1 radical (unpaired) electrons. The Hall–Kier alpha value is -2.85. The molecule has 3 nitrogen and oxygen atoms in total. The molecule has 0 amide bonds. The molecule has 1 N–H and O–H groups in total. The smallest absolute Gasteiger partial charge is 0.164 e. The van der Waals surface area contributed by atoms with Crippen molar-refractivity contribution >= 4 is 48.1 Å². The van der Waals surface area contributed by atoms with Gasteiger partial charge in [-0.3, -0.25) is 9.78 Å². The molecule has 2 heterocycles. The van der Waals surface area contributed by atoms with Crippen LogP contribution in [-0.4, -0.2) is 15.9 Å². The molecule has 0 unspecified atom stereocenters. The van der Waals surface area contributed by atoms with Crippen molar-refractivity contribution in [3.63, 3.8) is 0 Å². The van der Waals surface area contributed by atoms with E-state index in [2.05, 4.69) is 81.4 Å². The number of aromatic nitrogens is 1. The molecule has 0 aliphatic heterocycles. The first-order valence-corrected chi connectivity index (χ1v) is 22.2. The number of pyridine rings is 1. The Morgan fingerprint density at radius 3 is 2.09 bits per heavy atom. The summed E-state index contributed by atoms with van der Waals surface area (Å²) in [4.78, 5) is 17.1. The number of rotatable bonds is 9. The van der Waals surface area contributed by atoms with Crippen LogP contribution in [0.5, 0.6) is 0 Å². The minimum absolute atomic E-state index is 0. The van der Waals surface area contributed by atoms with Crippen molar-refractivity contribution in [2.75, 3.05) is 0 Å². The third kappa shape index (κ3) is 9.06. The maximum atomic E-state index is 12.2. The molecule has 5 heteroatoms. The van der Waals surface area contributed by atoms with Gasteiger partial charge >= 0.3 is 0 Å². The third-order valence-corrected chi connectivity index (χ3v) is 15.5. The maximum absolute atomic E-state index is 12.2. The number of nitrogens with zero attached hydrogens (tertiary/aromatic N) is 1. The van der Waals surface area contributed by atoms with E-state index in [9.17, 15) is 9.90 Å². The van der Waals surface area contributed by atoms with Crippen molar-refractivity contribution in [3.8, 4) is 11.3 Å². The summed E-state index contributed by atoms with van der Waals surface area (Å²) in [6, 6.07) is 24.3. The maximum Gasteiger partial charge on any atom is 0.164 e. The van der Waals surface area contributed by atoms with Crippen LogP contribution in [0.3, 0.4) is 0 Å². The van der Waals surface area contributed by atoms with Gasteiger partial charge in [-0.15, -0.1) is 40.5 Å². The summed E-state index contributed by atoms with van der Waals surface area (Å²) in [7, 11) is 0. The van der Waals surface area contributed by atoms with E-state index in [-0.39, 0.29) is 47.9 Å². The van der Waals surface area contributed by atoms with Gasteiger partial charge in [0.15, 0.2) is 5.78 Å². The largest absolute Gasteiger partial charge is 0.512 e. The number of carbonyl (C=O) groups is 1. The summed E-state index contributed by atoms with van der Waals surface area (Å²) >= 11 is 1.92. The Labute approximate surface area is 355 Å². The monoisotopic (exact) mass is 949 g/mol. The molecule has 0 saturated heterocycles. The van der Waals surface area contributed by atoms with Crippen molar-refractivity contribution in [1.29, 1.82) is 0 Å². The molecule has 2 aromatic heterocycles. The molecule has 7 rings (SSSR count). The Kier molecular flexibility index (Phi) is 14.2. The number of aliphatic hydroxyl groups excluding tert-OH is 1. The van der Waals surface area contributed by atoms with Crippen LogP contribution in [0, 0.1) is 22.3 Å². The fraction of sp³-hybridized carbons (Fsp3) is 0.529. The summed E-state index contributed by atoms with van der Waals surface area (Å²) in [5, 5.41) is 15.3. The van der Waals surface area contributed by atoms with E-state index in [1.807, 2.05) is 59.1 Å². The summed E-state index contributed by atoms with van der Waals surface area (Å²) < 4.78 is 2.69. The zero-order valence-electron chi connectivity index (χ0n) is 35.7. The third-order valence-electron chi connectivity index (χ3n) is 14.3. The van der Waals surface area contributed by atoms with Crippen LogP contribution in [0.25, 0.3) is 42.2 Å². The molecule has 303 valence electrons. The SMILES string of the molecule is CC(C)(C)c1cc(-c2nccc3c2sc2cc(C4CCC5(CCCCC5)CC4)ccc23)[c-]c2ccccc12.CCC(C)(CC)C(=O)/C=C(\O)C(C)(CC)CC.[Ir]. The van der Waals surface area contributed by atoms with Gasteiger partial charge in [-0.25, -0.2) is 0 Å². The average molecular weight is 949 g/mol. The molecule has 2 saturated carbocycles. The number of ketones is 1. The van der Waals surface area contributed by atoms with E-state index in [4.69, 9.17) is 4.98 Å². The molecule has 1 spiro atoms.